The minimum absolute atomic E-state index is 0.0726. The van der Waals surface area contributed by atoms with Crippen molar-refractivity contribution in [2.24, 2.45) is 7.05 Å². The first kappa shape index (κ1) is 8.55. The van der Waals surface area contributed by atoms with Crippen molar-refractivity contribution >= 4 is 5.69 Å². The Labute approximate surface area is 80.4 Å². The normalized spacial score (nSPS) is 10.4. The van der Waals surface area contributed by atoms with Gasteiger partial charge in [0.25, 0.3) is 5.56 Å². The number of rotatable bonds is 1. The van der Waals surface area contributed by atoms with Gasteiger partial charge in [0.05, 0.1) is 23.8 Å². The summed E-state index contributed by atoms with van der Waals surface area (Å²) in [5.74, 6) is 0. The second-order valence-corrected chi connectivity index (χ2v) is 3.05. The lowest BCUT2D eigenvalue weighted by Gasteiger charge is -2.01. The van der Waals surface area contributed by atoms with E-state index in [1.54, 1.807) is 30.2 Å². The Balaban J connectivity index is 2.53. The van der Waals surface area contributed by atoms with E-state index in [0.29, 0.717) is 11.4 Å². The maximum absolute atomic E-state index is 11.3. The first-order valence-electron chi connectivity index (χ1n) is 4.14. The third-order valence-electron chi connectivity index (χ3n) is 1.95. The maximum Gasteiger partial charge on any atom is 0.252 e. The van der Waals surface area contributed by atoms with Crippen LogP contribution in [0.3, 0.4) is 0 Å². The van der Waals surface area contributed by atoms with Crippen LogP contribution in [0.15, 0.2) is 35.5 Å². The minimum Gasteiger partial charge on any atom is -0.396 e. The molecule has 0 bridgehead atoms. The van der Waals surface area contributed by atoms with Crippen molar-refractivity contribution in [1.29, 1.82) is 0 Å². The Morgan fingerprint density at radius 1 is 1.50 bits per heavy atom. The summed E-state index contributed by atoms with van der Waals surface area (Å²) in [5, 5.41) is 4.00. The molecule has 0 amide bonds. The molecule has 2 N–H and O–H groups in total. The fraction of sp³-hybridized carbons (Fsp3) is 0.111. The van der Waals surface area contributed by atoms with Crippen LogP contribution in [0.2, 0.25) is 0 Å². The van der Waals surface area contributed by atoms with Gasteiger partial charge in [0.2, 0.25) is 0 Å². The molecule has 0 spiro atoms. The summed E-state index contributed by atoms with van der Waals surface area (Å²) < 4.78 is 3.06. The molecule has 0 saturated carbocycles. The highest BCUT2D eigenvalue weighted by molar-refractivity contribution is 5.37. The highest BCUT2D eigenvalue weighted by Crippen LogP contribution is 2.05. The predicted octanol–water partition coefficient (Wildman–Crippen LogP) is 0.153. The van der Waals surface area contributed by atoms with E-state index in [0.717, 1.165) is 0 Å². The molecule has 0 aliphatic carbocycles. The van der Waals surface area contributed by atoms with E-state index in [2.05, 4.69) is 5.10 Å². The van der Waals surface area contributed by atoms with Gasteiger partial charge in [-0.3, -0.25) is 4.79 Å². The maximum atomic E-state index is 11.3. The molecule has 0 aromatic carbocycles. The first-order chi connectivity index (χ1) is 6.66. The predicted molar refractivity (Wildman–Crippen MR) is 53.2 cm³/mol. The summed E-state index contributed by atoms with van der Waals surface area (Å²) in [6.45, 7) is 0. The number of aryl methyl sites for hydroxylation is 1. The topological polar surface area (TPSA) is 65.8 Å². The Morgan fingerprint density at radius 3 is 2.86 bits per heavy atom. The molecule has 0 saturated heterocycles. The zero-order chi connectivity index (χ0) is 10.1. The molecule has 2 heterocycles. The number of nitrogens with two attached hydrogens (primary N) is 1. The third-order valence-corrected chi connectivity index (χ3v) is 1.95. The lowest BCUT2D eigenvalue weighted by Crippen LogP contribution is -2.15. The van der Waals surface area contributed by atoms with E-state index in [1.807, 2.05) is 0 Å². The molecule has 2 aromatic rings. The van der Waals surface area contributed by atoms with Crippen molar-refractivity contribution in [3.8, 4) is 5.69 Å². The van der Waals surface area contributed by atoms with Gasteiger partial charge in [0.1, 0.15) is 0 Å². The number of nitrogen functional groups attached to an aromatic ring is 1. The summed E-state index contributed by atoms with van der Waals surface area (Å²) in [5.41, 5.74) is 6.73. The summed E-state index contributed by atoms with van der Waals surface area (Å²) in [6.07, 6.45) is 4.89. The number of pyridine rings is 1. The van der Waals surface area contributed by atoms with Crippen LogP contribution in [0.1, 0.15) is 0 Å². The average molecular weight is 190 g/mol. The Morgan fingerprint density at radius 2 is 2.29 bits per heavy atom. The van der Waals surface area contributed by atoms with Crippen LogP contribution >= 0.6 is 0 Å². The molecule has 0 unspecified atom stereocenters. The van der Waals surface area contributed by atoms with Gasteiger partial charge in [-0.1, -0.05) is 0 Å². The zero-order valence-corrected chi connectivity index (χ0v) is 7.71. The van der Waals surface area contributed by atoms with Crippen molar-refractivity contribution < 1.29 is 0 Å². The second-order valence-electron chi connectivity index (χ2n) is 3.05. The summed E-state index contributed by atoms with van der Waals surface area (Å²) in [7, 11) is 1.70. The molecule has 72 valence electrons. The van der Waals surface area contributed by atoms with Crippen molar-refractivity contribution in [1.82, 2.24) is 14.3 Å². The van der Waals surface area contributed by atoms with Gasteiger partial charge >= 0.3 is 0 Å². The average Bonchev–Trinajstić information content (AvgIpc) is 2.57. The largest absolute Gasteiger partial charge is 0.396 e. The van der Waals surface area contributed by atoms with Crippen LogP contribution in [-0.4, -0.2) is 14.3 Å². The van der Waals surface area contributed by atoms with Gasteiger partial charge in [-0.05, 0) is 6.07 Å². The van der Waals surface area contributed by atoms with E-state index in [-0.39, 0.29) is 5.56 Å². The molecular formula is C9H10N4O. The fourth-order valence-electron chi connectivity index (χ4n) is 1.16. The van der Waals surface area contributed by atoms with Crippen molar-refractivity contribution in [3.05, 3.63) is 41.1 Å². The highest BCUT2D eigenvalue weighted by atomic mass is 16.1. The van der Waals surface area contributed by atoms with Crippen molar-refractivity contribution in [2.75, 3.05) is 5.73 Å². The van der Waals surface area contributed by atoms with Gasteiger partial charge in [0.15, 0.2) is 0 Å². The van der Waals surface area contributed by atoms with Crippen LogP contribution in [-0.2, 0) is 7.05 Å². The summed E-state index contributed by atoms with van der Waals surface area (Å²) in [4.78, 5) is 11.3. The molecule has 2 rings (SSSR count). The molecule has 0 fully saturated rings. The summed E-state index contributed by atoms with van der Waals surface area (Å²) in [6, 6.07) is 3.31. The van der Waals surface area contributed by atoms with E-state index in [9.17, 15) is 4.79 Å². The van der Waals surface area contributed by atoms with E-state index < -0.39 is 0 Å². The van der Waals surface area contributed by atoms with Gasteiger partial charge in [-0.2, -0.15) is 5.10 Å². The number of hydrogen-bond acceptors (Lipinski definition) is 3. The van der Waals surface area contributed by atoms with E-state index >= 15 is 0 Å². The van der Waals surface area contributed by atoms with Gasteiger partial charge in [-0.25, -0.2) is 4.68 Å². The quantitative estimate of drug-likeness (QED) is 0.696. The first-order valence-corrected chi connectivity index (χ1v) is 4.14. The number of aromatic nitrogens is 3. The SMILES string of the molecule is Cn1ccc(-n2cc(N)cn2)cc1=O. The minimum atomic E-state index is -0.0726. The molecular weight excluding hydrogens is 180 g/mol. The standard InChI is InChI=1S/C9H10N4O/c1-12-3-2-8(4-9(12)14)13-6-7(10)5-11-13/h2-6H,10H2,1H3. The van der Waals surface area contributed by atoms with Gasteiger partial charge in [0, 0.05) is 19.3 Å². The van der Waals surface area contributed by atoms with E-state index in [4.69, 9.17) is 5.73 Å². The Bertz CT molecular complexity index is 512. The van der Waals surface area contributed by atoms with E-state index in [1.165, 1.54) is 16.8 Å². The monoisotopic (exact) mass is 190 g/mol. The molecule has 0 aliphatic rings. The van der Waals surface area contributed by atoms with Crippen LogP contribution in [0.5, 0.6) is 0 Å². The zero-order valence-electron chi connectivity index (χ0n) is 7.71. The lowest BCUT2D eigenvalue weighted by atomic mass is 10.4. The number of anilines is 1. The third kappa shape index (κ3) is 1.39. The number of nitrogens with zero attached hydrogens (tertiary/aromatic N) is 3. The van der Waals surface area contributed by atoms with Crippen LogP contribution in [0, 0.1) is 0 Å². The lowest BCUT2D eigenvalue weighted by molar-refractivity contribution is 0.826. The van der Waals surface area contributed by atoms with Gasteiger partial charge < -0.3 is 10.3 Å². The Kier molecular flexibility index (Phi) is 1.85. The van der Waals surface area contributed by atoms with Crippen molar-refractivity contribution in [2.45, 2.75) is 0 Å². The molecule has 0 atom stereocenters. The molecule has 0 radical (unpaired) electrons. The van der Waals surface area contributed by atoms with Crippen LogP contribution in [0.4, 0.5) is 5.69 Å². The van der Waals surface area contributed by atoms with Crippen LogP contribution < -0.4 is 11.3 Å². The summed E-state index contributed by atoms with van der Waals surface area (Å²) >= 11 is 0. The number of hydrogen-bond donors (Lipinski definition) is 1. The fourth-order valence-corrected chi connectivity index (χ4v) is 1.16. The second kappa shape index (κ2) is 3.02. The van der Waals surface area contributed by atoms with Crippen molar-refractivity contribution in [3.63, 3.8) is 0 Å². The van der Waals surface area contributed by atoms with Crippen LogP contribution in [0.25, 0.3) is 5.69 Å². The van der Waals surface area contributed by atoms with Gasteiger partial charge in [-0.15, -0.1) is 0 Å². The Hall–Kier alpha value is -2.04. The smallest absolute Gasteiger partial charge is 0.252 e. The molecule has 0 aliphatic heterocycles. The molecule has 2 aromatic heterocycles. The highest BCUT2D eigenvalue weighted by Gasteiger charge is 1.99. The molecule has 14 heavy (non-hydrogen) atoms. The molecule has 5 nitrogen and oxygen atoms in total. The molecule has 5 heteroatoms.